The van der Waals surface area contributed by atoms with Gasteiger partial charge in [-0.1, -0.05) is 17.3 Å². The van der Waals surface area contributed by atoms with Crippen molar-refractivity contribution in [3.8, 4) is 10.6 Å². The van der Waals surface area contributed by atoms with E-state index in [1.165, 1.54) is 4.90 Å². The number of amides is 2. The zero-order chi connectivity index (χ0) is 22.1. The van der Waals surface area contributed by atoms with E-state index in [1.54, 1.807) is 37.4 Å². The molecule has 0 aliphatic rings. The Morgan fingerprint density at radius 3 is 2.68 bits per heavy atom. The number of carbonyl (C=O) groups excluding carboxylic acids is 2. The summed E-state index contributed by atoms with van der Waals surface area (Å²) in [4.78, 5) is 33.8. The monoisotopic (exact) mass is 498 g/mol. The van der Waals surface area contributed by atoms with E-state index in [2.05, 4.69) is 31.4 Å². The fourth-order valence-corrected chi connectivity index (χ4v) is 4.42. The smallest absolute Gasteiger partial charge is 0.259 e. The zero-order valence-electron chi connectivity index (χ0n) is 17.1. The molecule has 1 N–H and O–H groups in total. The first-order chi connectivity index (χ1) is 14.8. The lowest BCUT2D eigenvalue weighted by Crippen LogP contribution is -2.35. The first-order valence-corrected chi connectivity index (χ1v) is 11.1. The number of nitrogens with zero attached hydrogens (tertiary/aromatic N) is 3. The average molecular weight is 499 g/mol. The zero-order valence-corrected chi connectivity index (χ0v) is 19.5. The fourth-order valence-electron chi connectivity index (χ4n) is 3.21. The molecule has 0 atom stereocenters. The highest BCUT2D eigenvalue weighted by atomic mass is 79.9. The summed E-state index contributed by atoms with van der Waals surface area (Å²) in [7, 11) is 1.59. The maximum Gasteiger partial charge on any atom is 0.259 e. The number of hydrogen-bond donors (Lipinski definition) is 1. The number of nitrogens with one attached hydrogen (secondary N) is 1. The molecule has 4 rings (SSSR count). The van der Waals surface area contributed by atoms with Gasteiger partial charge in [-0.25, -0.2) is 4.98 Å². The van der Waals surface area contributed by atoms with Crippen molar-refractivity contribution in [1.82, 2.24) is 15.0 Å². The van der Waals surface area contributed by atoms with Crippen LogP contribution >= 0.6 is 27.3 Å². The lowest BCUT2D eigenvalue weighted by molar-refractivity contribution is -0.116. The van der Waals surface area contributed by atoms with Crippen LogP contribution < -0.4 is 5.32 Å². The van der Waals surface area contributed by atoms with E-state index in [1.807, 2.05) is 37.3 Å². The summed E-state index contributed by atoms with van der Waals surface area (Å²) < 4.78 is 6.12. The maximum absolute atomic E-state index is 13.3. The number of hydrogen-bond acceptors (Lipinski definition) is 6. The Balaban J connectivity index is 1.62. The molecule has 7 nitrogen and oxygen atoms in total. The Kier molecular flexibility index (Phi) is 5.88. The Morgan fingerprint density at radius 2 is 1.97 bits per heavy atom. The summed E-state index contributed by atoms with van der Waals surface area (Å²) in [5.41, 5.74) is 2.56. The van der Waals surface area contributed by atoms with Crippen molar-refractivity contribution < 1.29 is 14.1 Å². The largest absolute Gasteiger partial charge is 0.335 e. The summed E-state index contributed by atoms with van der Waals surface area (Å²) in [5, 5.41) is 7.34. The van der Waals surface area contributed by atoms with Crippen molar-refractivity contribution >= 4 is 55.9 Å². The quantitative estimate of drug-likeness (QED) is 0.416. The molecule has 0 saturated carbocycles. The van der Waals surface area contributed by atoms with Gasteiger partial charge < -0.3 is 14.7 Å². The molecule has 3 aromatic heterocycles. The van der Waals surface area contributed by atoms with Gasteiger partial charge in [-0.15, -0.1) is 11.3 Å². The predicted octanol–water partition coefficient (Wildman–Crippen LogP) is 5.04. The van der Waals surface area contributed by atoms with Gasteiger partial charge in [0, 0.05) is 16.4 Å². The Hall–Kier alpha value is -3.04. The molecule has 1 aromatic carbocycles. The molecular formula is C22H19BrN4O3S. The number of pyridine rings is 1. The van der Waals surface area contributed by atoms with Crippen molar-refractivity contribution in [2.75, 3.05) is 18.9 Å². The number of benzene rings is 1. The van der Waals surface area contributed by atoms with Crippen LogP contribution in [-0.2, 0) is 4.79 Å². The SMILES string of the molecule is Cc1ccc(-c2cc(C(=O)N(C)CC(=O)Nc3ccccc3Br)c3c(C)noc3n2)s1. The minimum Gasteiger partial charge on any atom is -0.335 e. The van der Waals surface area contributed by atoms with E-state index in [0.717, 1.165) is 14.2 Å². The predicted molar refractivity (Wildman–Crippen MR) is 124 cm³/mol. The number of anilines is 1. The maximum atomic E-state index is 13.3. The highest BCUT2D eigenvalue weighted by molar-refractivity contribution is 9.10. The van der Waals surface area contributed by atoms with Crippen LogP contribution in [0.25, 0.3) is 21.7 Å². The highest BCUT2D eigenvalue weighted by Gasteiger charge is 2.23. The van der Waals surface area contributed by atoms with Crippen LogP contribution in [0.3, 0.4) is 0 Å². The van der Waals surface area contributed by atoms with Gasteiger partial charge in [-0.05, 0) is 60.1 Å². The van der Waals surface area contributed by atoms with Gasteiger partial charge >= 0.3 is 0 Å². The van der Waals surface area contributed by atoms with E-state index < -0.39 is 0 Å². The van der Waals surface area contributed by atoms with Crippen LogP contribution in [0, 0.1) is 13.8 Å². The van der Waals surface area contributed by atoms with Gasteiger partial charge in [-0.2, -0.15) is 0 Å². The third-order valence-electron chi connectivity index (χ3n) is 4.72. The second-order valence-electron chi connectivity index (χ2n) is 7.10. The topological polar surface area (TPSA) is 88.3 Å². The van der Waals surface area contributed by atoms with Gasteiger partial charge in [0.05, 0.1) is 39.4 Å². The van der Waals surface area contributed by atoms with Crippen molar-refractivity contribution in [3.05, 3.63) is 63.1 Å². The van der Waals surface area contributed by atoms with E-state index in [9.17, 15) is 9.59 Å². The van der Waals surface area contributed by atoms with Crippen molar-refractivity contribution in [3.63, 3.8) is 0 Å². The number of likely N-dealkylation sites (N-methyl/N-ethyl adjacent to an activating group) is 1. The molecule has 0 bridgehead atoms. The average Bonchev–Trinajstić information content (AvgIpc) is 3.34. The Morgan fingerprint density at radius 1 is 1.19 bits per heavy atom. The number of aromatic nitrogens is 2. The van der Waals surface area contributed by atoms with Crippen molar-refractivity contribution in [2.45, 2.75) is 13.8 Å². The van der Waals surface area contributed by atoms with Crippen molar-refractivity contribution in [1.29, 1.82) is 0 Å². The lowest BCUT2D eigenvalue weighted by atomic mass is 10.1. The lowest BCUT2D eigenvalue weighted by Gasteiger charge is -2.18. The highest BCUT2D eigenvalue weighted by Crippen LogP contribution is 2.31. The molecule has 4 aromatic rings. The summed E-state index contributed by atoms with van der Waals surface area (Å²) in [6.07, 6.45) is 0. The molecular weight excluding hydrogens is 480 g/mol. The van der Waals surface area contributed by atoms with Gasteiger partial charge in [-0.3, -0.25) is 9.59 Å². The number of para-hydroxylation sites is 1. The van der Waals surface area contributed by atoms with Crippen molar-refractivity contribution in [2.24, 2.45) is 0 Å². The number of aryl methyl sites for hydroxylation is 2. The molecule has 0 fully saturated rings. The summed E-state index contributed by atoms with van der Waals surface area (Å²) in [6.45, 7) is 3.66. The van der Waals surface area contributed by atoms with Gasteiger partial charge in [0.25, 0.3) is 11.6 Å². The number of thiophene rings is 1. The van der Waals surface area contributed by atoms with E-state index in [0.29, 0.717) is 33.7 Å². The fraction of sp³-hybridized carbons (Fsp3) is 0.182. The molecule has 0 radical (unpaired) electrons. The summed E-state index contributed by atoms with van der Waals surface area (Å²) in [6, 6.07) is 13.0. The summed E-state index contributed by atoms with van der Waals surface area (Å²) in [5.74, 6) is -0.611. The number of halogens is 1. The van der Waals surface area contributed by atoms with Crippen LogP contribution in [0.1, 0.15) is 20.9 Å². The van der Waals surface area contributed by atoms with Crippen LogP contribution in [0.2, 0.25) is 0 Å². The van der Waals surface area contributed by atoms with E-state index in [-0.39, 0.29) is 18.4 Å². The molecule has 158 valence electrons. The minimum absolute atomic E-state index is 0.109. The van der Waals surface area contributed by atoms with Crippen LogP contribution in [-0.4, -0.2) is 40.4 Å². The van der Waals surface area contributed by atoms with E-state index in [4.69, 9.17) is 4.52 Å². The number of rotatable bonds is 5. The number of carbonyl (C=O) groups is 2. The molecule has 0 saturated heterocycles. The molecule has 31 heavy (non-hydrogen) atoms. The van der Waals surface area contributed by atoms with E-state index >= 15 is 0 Å². The Labute approximate surface area is 191 Å². The van der Waals surface area contributed by atoms with Crippen LogP contribution in [0.5, 0.6) is 0 Å². The standard InChI is InChI=1S/C22H19BrN4O3S/c1-12-8-9-18(31-12)17-10-14(20-13(2)26-30-21(20)25-17)22(29)27(3)11-19(28)24-16-7-5-4-6-15(16)23/h4-10H,11H2,1-3H3,(H,24,28). The van der Waals surface area contributed by atoms with Gasteiger partial charge in [0.15, 0.2) is 0 Å². The summed E-state index contributed by atoms with van der Waals surface area (Å²) >= 11 is 4.98. The minimum atomic E-state index is -0.310. The Bertz CT molecular complexity index is 1300. The first-order valence-electron chi connectivity index (χ1n) is 9.47. The number of fused-ring (bicyclic) bond motifs is 1. The first kappa shape index (κ1) is 21.2. The van der Waals surface area contributed by atoms with Gasteiger partial charge in [0.2, 0.25) is 5.91 Å². The molecule has 0 aliphatic heterocycles. The molecule has 0 unspecified atom stereocenters. The van der Waals surface area contributed by atoms with Crippen LogP contribution in [0.4, 0.5) is 5.69 Å². The molecule has 0 spiro atoms. The molecule has 0 aliphatic carbocycles. The molecule has 3 heterocycles. The molecule has 9 heteroatoms. The third-order valence-corrected chi connectivity index (χ3v) is 6.43. The molecule has 2 amide bonds. The second kappa shape index (κ2) is 8.60. The van der Waals surface area contributed by atoms with Crippen LogP contribution in [0.15, 0.2) is 51.5 Å². The second-order valence-corrected chi connectivity index (χ2v) is 9.24. The van der Waals surface area contributed by atoms with Gasteiger partial charge in [0.1, 0.15) is 0 Å². The third kappa shape index (κ3) is 4.38. The normalized spacial score (nSPS) is 11.0.